The van der Waals surface area contributed by atoms with E-state index in [4.69, 9.17) is 18.9 Å². The zero-order chi connectivity index (χ0) is 16.4. The van der Waals surface area contributed by atoms with Crippen molar-refractivity contribution in [1.29, 1.82) is 0 Å². The molecule has 5 nitrogen and oxygen atoms in total. The van der Waals surface area contributed by atoms with Gasteiger partial charge in [-0.2, -0.15) is 0 Å². The highest BCUT2D eigenvalue weighted by molar-refractivity contribution is 8.00. The van der Waals surface area contributed by atoms with Crippen molar-refractivity contribution in [2.24, 2.45) is 0 Å². The van der Waals surface area contributed by atoms with E-state index in [1.807, 2.05) is 0 Å². The van der Waals surface area contributed by atoms with Gasteiger partial charge in [-0.05, 0) is 19.3 Å². The minimum absolute atomic E-state index is 0.0993. The maximum absolute atomic E-state index is 11.3. The van der Waals surface area contributed by atoms with Crippen LogP contribution >= 0.6 is 11.8 Å². The molecule has 1 aliphatic heterocycles. The highest BCUT2D eigenvalue weighted by atomic mass is 32.2. The van der Waals surface area contributed by atoms with E-state index in [1.165, 1.54) is 6.92 Å². The first-order valence-corrected chi connectivity index (χ1v) is 9.21. The number of carbonyl (C=O) groups is 1. The van der Waals surface area contributed by atoms with Gasteiger partial charge in [-0.25, -0.2) is 0 Å². The van der Waals surface area contributed by atoms with E-state index in [0.717, 1.165) is 25.9 Å². The molecule has 0 spiro atoms. The molecule has 0 radical (unpaired) electrons. The third-order valence-electron chi connectivity index (χ3n) is 3.21. The second-order valence-corrected chi connectivity index (χ2v) is 6.74. The van der Waals surface area contributed by atoms with Gasteiger partial charge in [0.2, 0.25) is 0 Å². The number of rotatable bonds is 11. The molecule has 0 amide bonds. The molecule has 1 fully saturated rings. The Hall–Kier alpha value is -0.300. The average molecular weight is 334 g/mol. The van der Waals surface area contributed by atoms with E-state index in [9.17, 15) is 4.79 Å². The SMILES string of the molecule is CCCOC[C@H]1SC(OC(C)=O)[C@H](OCCC)[C@@H]1OCCC. The molecule has 1 rings (SSSR count). The Kier molecular flexibility index (Phi) is 10.1. The molecule has 0 aromatic carbocycles. The quantitative estimate of drug-likeness (QED) is 0.428. The molecule has 6 heteroatoms. The normalized spacial score (nSPS) is 28.0. The van der Waals surface area contributed by atoms with Crippen LogP contribution in [-0.4, -0.2) is 55.3 Å². The van der Waals surface area contributed by atoms with Crippen LogP contribution in [0.5, 0.6) is 0 Å². The van der Waals surface area contributed by atoms with Crippen molar-refractivity contribution in [3.05, 3.63) is 0 Å². The Morgan fingerprint density at radius 1 is 0.955 bits per heavy atom. The second-order valence-electron chi connectivity index (χ2n) is 5.40. The fourth-order valence-corrected chi connectivity index (χ4v) is 3.80. The molecule has 1 heterocycles. The summed E-state index contributed by atoms with van der Waals surface area (Å²) in [4.78, 5) is 11.3. The van der Waals surface area contributed by atoms with Gasteiger partial charge in [-0.3, -0.25) is 4.79 Å². The van der Waals surface area contributed by atoms with Gasteiger partial charge in [0.05, 0.1) is 11.9 Å². The highest BCUT2D eigenvalue weighted by Gasteiger charge is 2.47. The van der Waals surface area contributed by atoms with E-state index in [0.29, 0.717) is 19.8 Å². The van der Waals surface area contributed by atoms with Gasteiger partial charge < -0.3 is 18.9 Å². The summed E-state index contributed by atoms with van der Waals surface area (Å²) in [6, 6.07) is 0. The molecule has 0 bridgehead atoms. The van der Waals surface area contributed by atoms with Crippen LogP contribution in [0.2, 0.25) is 0 Å². The third kappa shape index (κ3) is 6.44. The first-order valence-electron chi connectivity index (χ1n) is 8.27. The predicted octanol–water partition coefficient (Wildman–Crippen LogP) is 3.01. The zero-order valence-electron chi connectivity index (χ0n) is 14.2. The van der Waals surface area contributed by atoms with Gasteiger partial charge >= 0.3 is 5.97 Å². The minimum atomic E-state index is -0.318. The Morgan fingerprint density at radius 3 is 2.09 bits per heavy atom. The van der Waals surface area contributed by atoms with Crippen molar-refractivity contribution in [3.63, 3.8) is 0 Å². The maximum atomic E-state index is 11.3. The molecule has 1 aliphatic rings. The van der Waals surface area contributed by atoms with Gasteiger partial charge in [0, 0.05) is 26.7 Å². The molecular weight excluding hydrogens is 304 g/mol. The number of hydrogen-bond donors (Lipinski definition) is 0. The summed E-state index contributed by atoms with van der Waals surface area (Å²) in [5.41, 5.74) is -0.318. The van der Waals surface area contributed by atoms with Crippen LogP contribution in [-0.2, 0) is 23.7 Å². The summed E-state index contributed by atoms with van der Waals surface area (Å²) in [7, 11) is 0. The van der Waals surface area contributed by atoms with E-state index in [2.05, 4.69) is 20.8 Å². The van der Waals surface area contributed by atoms with E-state index >= 15 is 0 Å². The van der Waals surface area contributed by atoms with Crippen molar-refractivity contribution < 1.29 is 23.7 Å². The largest absolute Gasteiger partial charge is 0.449 e. The minimum Gasteiger partial charge on any atom is -0.449 e. The Morgan fingerprint density at radius 2 is 1.55 bits per heavy atom. The Labute approximate surface area is 138 Å². The van der Waals surface area contributed by atoms with Gasteiger partial charge in [0.25, 0.3) is 0 Å². The van der Waals surface area contributed by atoms with Crippen LogP contribution in [0.15, 0.2) is 0 Å². The zero-order valence-corrected chi connectivity index (χ0v) is 15.0. The highest BCUT2D eigenvalue weighted by Crippen LogP contribution is 2.39. The molecule has 0 saturated carbocycles. The van der Waals surface area contributed by atoms with Gasteiger partial charge in [0.15, 0.2) is 5.44 Å². The molecule has 4 atom stereocenters. The van der Waals surface area contributed by atoms with E-state index in [1.54, 1.807) is 11.8 Å². The molecule has 1 unspecified atom stereocenters. The van der Waals surface area contributed by atoms with Crippen LogP contribution in [0.1, 0.15) is 47.0 Å². The monoisotopic (exact) mass is 334 g/mol. The summed E-state index contributed by atoms with van der Waals surface area (Å²) in [5, 5.41) is 0.129. The summed E-state index contributed by atoms with van der Waals surface area (Å²) < 4.78 is 23.1. The Balaban J connectivity index is 2.73. The number of hydrogen-bond acceptors (Lipinski definition) is 6. The lowest BCUT2D eigenvalue weighted by Gasteiger charge is -2.25. The van der Waals surface area contributed by atoms with Crippen LogP contribution in [0.25, 0.3) is 0 Å². The lowest BCUT2D eigenvalue weighted by atomic mass is 10.1. The summed E-state index contributed by atoms with van der Waals surface area (Å²) in [6.07, 6.45) is 2.53. The van der Waals surface area contributed by atoms with Crippen LogP contribution in [0, 0.1) is 0 Å². The molecule has 0 aromatic rings. The molecule has 0 N–H and O–H groups in total. The molecule has 1 saturated heterocycles. The molecule has 22 heavy (non-hydrogen) atoms. The first kappa shape index (κ1) is 19.7. The average Bonchev–Trinajstić information content (AvgIpc) is 2.79. The Bertz CT molecular complexity index is 313. The van der Waals surface area contributed by atoms with Crippen molar-refractivity contribution in [2.45, 2.75) is 69.9 Å². The van der Waals surface area contributed by atoms with Crippen LogP contribution < -0.4 is 0 Å². The van der Waals surface area contributed by atoms with E-state index in [-0.39, 0.29) is 28.9 Å². The van der Waals surface area contributed by atoms with Crippen molar-refractivity contribution in [2.75, 3.05) is 26.4 Å². The number of ether oxygens (including phenoxy) is 4. The molecule has 0 aromatic heterocycles. The van der Waals surface area contributed by atoms with E-state index < -0.39 is 0 Å². The molecule has 130 valence electrons. The smallest absolute Gasteiger partial charge is 0.303 e. The fourth-order valence-electron chi connectivity index (χ4n) is 2.31. The maximum Gasteiger partial charge on any atom is 0.303 e. The molecular formula is C16H30O5S. The summed E-state index contributed by atoms with van der Waals surface area (Å²) in [5.74, 6) is -0.285. The standard InChI is InChI=1S/C16H30O5S/c1-5-8-18-11-13-14(19-9-6-2)15(20-10-7-3)16(22-13)21-12(4)17/h13-16H,5-11H2,1-4H3/t13-,14-,15-,16?/m1/s1. The summed E-state index contributed by atoms with van der Waals surface area (Å²) >= 11 is 1.59. The predicted molar refractivity (Wildman–Crippen MR) is 88.1 cm³/mol. The van der Waals surface area contributed by atoms with Crippen LogP contribution in [0.3, 0.4) is 0 Å². The molecule has 0 aliphatic carbocycles. The van der Waals surface area contributed by atoms with Crippen molar-refractivity contribution in [1.82, 2.24) is 0 Å². The number of carbonyl (C=O) groups excluding carboxylic acids is 1. The summed E-state index contributed by atoms with van der Waals surface area (Å²) in [6.45, 7) is 10.3. The fraction of sp³-hybridized carbons (Fsp3) is 0.938. The third-order valence-corrected chi connectivity index (χ3v) is 4.60. The van der Waals surface area contributed by atoms with Crippen LogP contribution in [0.4, 0.5) is 0 Å². The van der Waals surface area contributed by atoms with Crippen molar-refractivity contribution >= 4 is 17.7 Å². The number of esters is 1. The first-order chi connectivity index (χ1) is 10.6. The topological polar surface area (TPSA) is 54.0 Å². The lowest BCUT2D eigenvalue weighted by Crippen LogP contribution is -2.40. The second kappa shape index (κ2) is 11.3. The number of thioether (sulfide) groups is 1. The van der Waals surface area contributed by atoms with Gasteiger partial charge in [0.1, 0.15) is 12.2 Å². The van der Waals surface area contributed by atoms with Gasteiger partial charge in [-0.15, -0.1) is 11.8 Å². The van der Waals surface area contributed by atoms with Gasteiger partial charge in [-0.1, -0.05) is 20.8 Å². The lowest BCUT2D eigenvalue weighted by molar-refractivity contribution is -0.153. The van der Waals surface area contributed by atoms with Crippen molar-refractivity contribution in [3.8, 4) is 0 Å².